The second-order valence-electron chi connectivity index (χ2n) is 6.62. The molecule has 2 aromatic heterocycles. The number of aryl methyl sites for hydroxylation is 1. The number of thiazole rings is 1. The van der Waals surface area contributed by atoms with Gasteiger partial charge in [0.15, 0.2) is 5.76 Å². The van der Waals surface area contributed by atoms with Gasteiger partial charge in [0.2, 0.25) is 0 Å². The van der Waals surface area contributed by atoms with E-state index in [1.165, 1.54) is 0 Å². The van der Waals surface area contributed by atoms with Crippen LogP contribution in [0.3, 0.4) is 0 Å². The predicted octanol–water partition coefficient (Wildman–Crippen LogP) is 4.71. The normalized spacial score (nSPS) is 13.0. The van der Waals surface area contributed by atoms with Crippen molar-refractivity contribution < 1.29 is 13.2 Å². The van der Waals surface area contributed by atoms with Crippen molar-refractivity contribution in [3.8, 4) is 11.3 Å². The minimum Gasteiger partial charge on any atom is -0.755 e. The number of oxazole rings is 1. The first-order valence-electron chi connectivity index (χ1n) is 9.21. The largest absolute Gasteiger partial charge is 0.755 e. The molecule has 0 saturated heterocycles. The molecule has 2 heterocycles. The third-order valence-corrected chi connectivity index (χ3v) is 5.64. The quantitative estimate of drug-likeness (QED) is 0.386. The van der Waals surface area contributed by atoms with Gasteiger partial charge >= 0.3 is 0 Å². The number of hydrogen-bond donors (Lipinski definition) is 2. The molecule has 0 saturated carbocycles. The van der Waals surface area contributed by atoms with Gasteiger partial charge in [0.05, 0.1) is 22.9 Å². The van der Waals surface area contributed by atoms with Gasteiger partial charge in [-0.2, -0.15) is 0 Å². The number of nitrogens with zero attached hydrogens (tertiary/aromatic N) is 2. The van der Waals surface area contributed by atoms with Gasteiger partial charge in [0, 0.05) is 27.9 Å². The number of anilines is 2. The zero-order valence-electron chi connectivity index (χ0n) is 16.1. The fraction of sp³-hybridized carbons (Fsp3) is 0.143. The Balaban J connectivity index is 1.54. The van der Waals surface area contributed by atoms with Crippen LogP contribution in [0.25, 0.3) is 11.3 Å². The molecule has 2 atom stereocenters. The van der Waals surface area contributed by atoms with Crippen LogP contribution in [0.5, 0.6) is 0 Å². The lowest BCUT2D eigenvalue weighted by atomic mass is 10.0. The molecule has 4 aromatic rings. The first-order chi connectivity index (χ1) is 14.6. The first kappa shape index (κ1) is 20.3. The van der Waals surface area contributed by atoms with Crippen molar-refractivity contribution >= 4 is 34.3 Å². The molecule has 0 fully saturated rings. The van der Waals surface area contributed by atoms with E-state index in [2.05, 4.69) is 20.0 Å². The second-order valence-corrected chi connectivity index (χ2v) is 8.36. The van der Waals surface area contributed by atoms with E-state index in [0.29, 0.717) is 23.9 Å². The van der Waals surface area contributed by atoms with Gasteiger partial charge in [-0.3, -0.25) is 4.21 Å². The van der Waals surface area contributed by atoms with E-state index in [1.54, 1.807) is 29.7 Å². The maximum Gasteiger partial charge on any atom is 0.295 e. The summed E-state index contributed by atoms with van der Waals surface area (Å²) in [6.07, 6.45) is 2.33. The highest BCUT2D eigenvalue weighted by Crippen LogP contribution is 2.28. The maximum absolute atomic E-state index is 10.8. The summed E-state index contributed by atoms with van der Waals surface area (Å²) >= 11 is -0.758. The lowest BCUT2D eigenvalue weighted by Crippen LogP contribution is -2.14. The average molecular weight is 440 g/mol. The summed E-state index contributed by atoms with van der Waals surface area (Å²) in [5.74, 6) is 0.687. The number of benzene rings is 2. The zero-order valence-corrected chi connectivity index (χ0v) is 17.7. The second kappa shape index (κ2) is 9.21. The van der Waals surface area contributed by atoms with Crippen molar-refractivity contribution in [2.75, 3.05) is 10.0 Å². The van der Waals surface area contributed by atoms with Gasteiger partial charge in [-0.25, -0.2) is 9.97 Å². The van der Waals surface area contributed by atoms with Crippen LogP contribution in [0.1, 0.15) is 22.3 Å². The molecule has 0 bridgehead atoms. The van der Waals surface area contributed by atoms with E-state index in [9.17, 15) is 8.76 Å². The average Bonchev–Trinajstić information content (AvgIpc) is 3.38. The molecule has 1 unspecified atom stereocenters. The van der Waals surface area contributed by atoms with Crippen molar-refractivity contribution in [1.29, 1.82) is 0 Å². The van der Waals surface area contributed by atoms with Crippen LogP contribution in [-0.2, 0) is 17.7 Å². The number of nitrogens with one attached hydrogen (secondary N) is 2. The molecule has 30 heavy (non-hydrogen) atoms. The molecule has 0 radical (unpaired) electrons. The summed E-state index contributed by atoms with van der Waals surface area (Å²) in [7, 11) is 0. The minimum absolute atomic E-state index is 0.148. The molecular formula is C21H19N4O3S2-. The molecule has 0 spiro atoms. The minimum atomic E-state index is -2.34. The van der Waals surface area contributed by atoms with Gasteiger partial charge in [0.1, 0.15) is 0 Å². The van der Waals surface area contributed by atoms with Crippen molar-refractivity contribution in [1.82, 2.24) is 9.97 Å². The highest BCUT2D eigenvalue weighted by Gasteiger charge is 2.18. The summed E-state index contributed by atoms with van der Waals surface area (Å²) in [6, 6.07) is 17.3. The van der Waals surface area contributed by atoms with E-state index in [-0.39, 0.29) is 6.04 Å². The van der Waals surface area contributed by atoms with Crippen molar-refractivity contribution in [2.24, 2.45) is 0 Å². The lowest BCUT2D eigenvalue weighted by molar-refractivity contribution is 0.542. The maximum atomic E-state index is 10.8. The van der Waals surface area contributed by atoms with Crippen LogP contribution >= 0.6 is 11.3 Å². The molecule has 4 rings (SSSR count). The molecule has 7 nitrogen and oxygen atoms in total. The van der Waals surface area contributed by atoms with Gasteiger partial charge in [-0.15, -0.1) is 11.3 Å². The van der Waals surface area contributed by atoms with Gasteiger partial charge in [-0.05, 0) is 31.0 Å². The molecule has 9 heteroatoms. The molecule has 154 valence electrons. The summed E-state index contributed by atoms with van der Waals surface area (Å²) in [5.41, 5.74) is 3.40. The monoisotopic (exact) mass is 439 g/mol. The van der Waals surface area contributed by atoms with E-state index < -0.39 is 11.3 Å². The van der Waals surface area contributed by atoms with Crippen LogP contribution in [-0.4, -0.2) is 18.7 Å². The van der Waals surface area contributed by atoms with Gasteiger partial charge in [-0.1, -0.05) is 42.5 Å². The molecule has 0 amide bonds. The van der Waals surface area contributed by atoms with Crippen LogP contribution in [0, 0.1) is 6.92 Å². The Bertz CT molecular complexity index is 1130. The fourth-order valence-corrected chi connectivity index (χ4v) is 4.03. The standard InChI is InChI=1S/C21H20N4O3S2/c1-14-23-19(13-29-14)18(11-15-7-9-17(10-8-15)25-30(26)27)24-21-22-12-20(28-21)16-5-3-2-4-6-16/h2-10,12-13,18,25H,11H2,1H3,(H,22,24)(H,26,27)/p-1/t18-/m0/s1. The summed E-state index contributed by atoms with van der Waals surface area (Å²) in [4.78, 5) is 8.99. The molecule has 0 aliphatic rings. The number of rotatable bonds is 8. The highest BCUT2D eigenvalue weighted by molar-refractivity contribution is 7.80. The SMILES string of the molecule is Cc1nc([C@H](Cc2ccc(NS(=O)[O-])cc2)Nc2ncc(-c3ccccc3)o2)cs1. The fourth-order valence-electron chi connectivity index (χ4n) is 3.04. The Morgan fingerprint density at radius 2 is 1.93 bits per heavy atom. The first-order valence-corrected chi connectivity index (χ1v) is 11.2. The molecule has 2 aromatic carbocycles. The van der Waals surface area contributed by atoms with E-state index in [1.807, 2.05) is 54.8 Å². The molecule has 2 N–H and O–H groups in total. The van der Waals surface area contributed by atoms with E-state index >= 15 is 0 Å². The molecular weight excluding hydrogens is 420 g/mol. The summed E-state index contributed by atoms with van der Waals surface area (Å²) in [5, 5.41) is 6.34. The van der Waals surface area contributed by atoms with Crippen molar-refractivity contribution in [3.63, 3.8) is 0 Å². The molecule has 0 aliphatic heterocycles. The lowest BCUT2D eigenvalue weighted by Gasteiger charge is -2.16. The Hall–Kier alpha value is -3.01. The molecule has 0 aliphatic carbocycles. The zero-order chi connectivity index (χ0) is 20.9. The van der Waals surface area contributed by atoms with Gasteiger partial charge in [0.25, 0.3) is 6.01 Å². The van der Waals surface area contributed by atoms with Gasteiger partial charge < -0.3 is 19.0 Å². The van der Waals surface area contributed by atoms with Crippen LogP contribution in [0.15, 0.2) is 70.6 Å². The third-order valence-electron chi connectivity index (χ3n) is 4.45. The predicted molar refractivity (Wildman–Crippen MR) is 118 cm³/mol. The topological polar surface area (TPSA) is 103 Å². The van der Waals surface area contributed by atoms with Crippen molar-refractivity contribution in [3.05, 3.63) is 82.4 Å². The summed E-state index contributed by atoms with van der Waals surface area (Å²) in [6.45, 7) is 1.97. The Morgan fingerprint density at radius 3 is 2.60 bits per heavy atom. The van der Waals surface area contributed by atoms with E-state index in [4.69, 9.17) is 4.42 Å². The Morgan fingerprint density at radius 1 is 1.17 bits per heavy atom. The van der Waals surface area contributed by atoms with E-state index in [0.717, 1.165) is 21.8 Å². The van der Waals surface area contributed by atoms with Crippen molar-refractivity contribution in [2.45, 2.75) is 19.4 Å². The Labute approximate surface area is 180 Å². The number of hydrogen-bond acceptors (Lipinski definition) is 7. The van der Waals surface area contributed by atoms with Crippen LogP contribution in [0.4, 0.5) is 11.7 Å². The van der Waals surface area contributed by atoms with Crippen LogP contribution < -0.4 is 10.0 Å². The summed E-state index contributed by atoms with van der Waals surface area (Å²) < 4.78 is 29.8. The Kier molecular flexibility index (Phi) is 6.22. The highest BCUT2D eigenvalue weighted by atomic mass is 32.2. The number of aromatic nitrogens is 2. The van der Waals surface area contributed by atoms with Crippen LogP contribution in [0.2, 0.25) is 0 Å². The third kappa shape index (κ3) is 5.12. The smallest absolute Gasteiger partial charge is 0.295 e.